The maximum absolute atomic E-state index is 13.4. The van der Waals surface area contributed by atoms with Crippen LogP contribution in [0.3, 0.4) is 0 Å². The van der Waals surface area contributed by atoms with Crippen molar-refractivity contribution in [1.29, 1.82) is 0 Å². The van der Waals surface area contributed by atoms with E-state index >= 15 is 0 Å². The number of aromatic amines is 1. The Morgan fingerprint density at radius 3 is 2.20 bits per heavy atom. The number of H-pyrrole nitrogens is 1. The van der Waals surface area contributed by atoms with Gasteiger partial charge in [-0.2, -0.15) is 5.10 Å². The van der Waals surface area contributed by atoms with Gasteiger partial charge in [0.1, 0.15) is 17.7 Å². The van der Waals surface area contributed by atoms with Crippen molar-refractivity contribution in [2.45, 2.75) is 38.3 Å². The number of halogens is 2. The van der Waals surface area contributed by atoms with Crippen LogP contribution >= 0.6 is 0 Å². The van der Waals surface area contributed by atoms with Gasteiger partial charge in [-0.1, -0.05) is 26.0 Å². The largest absolute Gasteiger partial charge is 0.378 e. The zero-order valence-corrected chi connectivity index (χ0v) is 20.2. The Kier molecular flexibility index (Phi) is 7.54. The normalized spacial score (nSPS) is 13.1. The second-order valence-electron chi connectivity index (χ2n) is 9.06. The van der Waals surface area contributed by atoms with Gasteiger partial charge in [0.25, 0.3) is 5.91 Å². The molecule has 186 valence electrons. The predicted molar refractivity (Wildman–Crippen MR) is 129 cm³/mol. The van der Waals surface area contributed by atoms with Crippen molar-refractivity contribution >= 4 is 23.3 Å². The van der Waals surface area contributed by atoms with Gasteiger partial charge in [0, 0.05) is 43.0 Å². The van der Waals surface area contributed by atoms with Crippen LogP contribution in [0, 0.1) is 11.6 Å². The van der Waals surface area contributed by atoms with Crippen molar-refractivity contribution in [2.75, 3.05) is 24.3 Å². The van der Waals surface area contributed by atoms with Crippen molar-refractivity contribution in [3.8, 4) is 0 Å². The van der Waals surface area contributed by atoms with Crippen LogP contribution in [0.2, 0.25) is 0 Å². The van der Waals surface area contributed by atoms with Gasteiger partial charge in [0.2, 0.25) is 5.91 Å². The van der Waals surface area contributed by atoms with Crippen LogP contribution in [0.15, 0.2) is 48.5 Å². The third-order valence-electron chi connectivity index (χ3n) is 5.81. The summed E-state index contributed by atoms with van der Waals surface area (Å²) in [5.74, 6) is -3.14. The number of benzene rings is 2. The molecule has 0 fully saturated rings. The van der Waals surface area contributed by atoms with Gasteiger partial charge in [-0.05, 0) is 42.3 Å². The van der Waals surface area contributed by atoms with Crippen LogP contribution in [0.1, 0.15) is 43.7 Å². The number of aromatic nitrogens is 2. The molecule has 3 rings (SSSR count). The minimum absolute atomic E-state index is 0.259. The number of carbonyl (C=O) groups is 2. The van der Waals surface area contributed by atoms with E-state index in [-0.39, 0.29) is 11.4 Å². The average molecular weight is 486 g/mol. The molecule has 3 aromatic rings. The van der Waals surface area contributed by atoms with Gasteiger partial charge >= 0.3 is 0 Å². The first-order valence-electron chi connectivity index (χ1n) is 11.0. The first kappa shape index (κ1) is 25.8. The van der Waals surface area contributed by atoms with Crippen molar-refractivity contribution in [3.63, 3.8) is 0 Å². The van der Waals surface area contributed by atoms with Crippen LogP contribution in [-0.2, 0) is 15.0 Å². The van der Waals surface area contributed by atoms with Crippen LogP contribution in [0.5, 0.6) is 0 Å². The molecule has 35 heavy (non-hydrogen) atoms. The van der Waals surface area contributed by atoms with E-state index in [2.05, 4.69) is 20.8 Å². The summed E-state index contributed by atoms with van der Waals surface area (Å²) in [5, 5.41) is 22.1. The Bertz CT molecular complexity index is 1190. The number of nitrogens with zero attached hydrogens (tertiary/aromatic N) is 2. The number of hydrogen-bond donors (Lipinski definition) is 4. The molecule has 8 nitrogen and oxygen atoms in total. The smallest absolute Gasteiger partial charge is 0.254 e. The number of hydrogen-bond acceptors (Lipinski definition) is 5. The molecule has 2 amide bonds. The quantitative estimate of drug-likeness (QED) is 0.392. The fourth-order valence-corrected chi connectivity index (χ4v) is 3.51. The van der Waals surface area contributed by atoms with E-state index < -0.39 is 41.0 Å². The van der Waals surface area contributed by atoms with Crippen molar-refractivity contribution < 1.29 is 23.5 Å². The fourth-order valence-electron chi connectivity index (χ4n) is 3.51. The van der Waals surface area contributed by atoms with E-state index in [4.69, 9.17) is 0 Å². The zero-order chi connectivity index (χ0) is 25.9. The lowest BCUT2D eigenvalue weighted by Crippen LogP contribution is -2.43. The summed E-state index contributed by atoms with van der Waals surface area (Å²) in [7, 11) is 3.94. The molecule has 0 radical (unpaired) electrons. The second kappa shape index (κ2) is 10.2. The number of rotatable bonds is 8. The number of aliphatic hydroxyl groups is 1. The van der Waals surface area contributed by atoms with E-state index in [9.17, 15) is 23.5 Å². The van der Waals surface area contributed by atoms with Crippen LogP contribution in [0.4, 0.5) is 20.3 Å². The van der Waals surface area contributed by atoms with Crippen molar-refractivity contribution in [1.82, 2.24) is 15.5 Å². The Balaban J connectivity index is 1.64. The molecular weight excluding hydrogens is 456 g/mol. The highest BCUT2D eigenvalue weighted by Crippen LogP contribution is 2.32. The fraction of sp³-hybridized carbons (Fsp3) is 0.320. The lowest BCUT2D eigenvalue weighted by molar-refractivity contribution is -0.132. The summed E-state index contributed by atoms with van der Waals surface area (Å²) in [5.41, 5.74) is 2.21. The molecule has 1 heterocycles. The summed E-state index contributed by atoms with van der Waals surface area (Å²) in [6, 6.07) is 11.1. The number of aliphatic hydroxyl groups excluding tert-OH is 1. The molecule has 2 aromatic carbocycles. The maximum atomic E-state index is 13.4. The summed E-state index contributed by atoms with van der Waals surface area (Å²) >= 11 is 0. The van der Waals surface area contributed by atoms with Gasteiger partial charge in [0.15, 0.2) is 11.9 Å². The van der Waals surface area contributed by atoms with Gasteiger partial charge in [0.05, 0.1) is 0 Å². The first-order valence-corrected chi connectivity index (χ1v) is 11.0. The highest BCUT2D eigenvalue weighted by molar-refractivity contribution is 5.97. The average Bonchev–Trinajstić information content (AvgIpc) is 3.27. The van der Waals surface area contributed by atoms with E-state index in [0.29, 0.717) is 6.07 Å². The molecule has 4 N–H and O–H groups in total. The summed E-state index contributed by atoms with van der Waals surface area (Å²) < 4.78 is 26.7. The highest BCUT2D eigenvalue weighted by atomic mass is 19.1. The van der Waals surface area contributed by atoms with Gasteiger partial charge in [-0.3, -0.25) is 14.7 Å². The lowest BCUT2D eigenvalue weighted by atomic mass is 9.81. The molecule has 0 unspecified atom stereocenters. The molecule has 0 saturated heterocycles. The Morgan fingerprint density at radius 1 is 1.03 bits per heavy atom. The first-order chi connectivity index (χ1) is 16.4. The third-order valence-corrected chi connectivity index (χ3v) is 5.81. The number of nitrogens with one attached hydrogen (secondary N) is 3. The molecule has 1 aromatic heterocycles. The molecule has 0 aliphatic rings. The second-order valence-corrected chi connectivity index (χ2v) is 9.06. The van der Waals surface area contributed by atoms with Crippen molar-refractivity contribution in [3.05, 3.63) is 77.0 Å². The molecule has 0 saturated carbocycles. The Labute approximate surface area is 202 Å². The van der Waals surface area contributed by atoms with Crippen LogP contribution in [0.25, 0.3) is 0 Å². The SMILES string of the molecule is C[C@H](NC(=O)[C@@H](O)c1cc(F)cc(F)c1)C(=O)Nc1cc(C(C)(C)c2ccc(N(C)C)cc2)[nH]n1. The summed E-state index contributed by atoms with van der Waals surface area (Å²) in [4.78, 5) is 26.9. The Hall–Kier alpha value is -3.79. The number of anilines is 2. The number of amides is 2. The minimum Gasteiger partial charge on any atom is -0.378 e. The van der Waals surface area contributed by atoms with Crippen LogP contribution in [-0.4, -0.2) is 47.3 Å². The van der Waals surface area contributed by atoms with Crippen molar-refractivity contribution in [2.24, 2.45) is 0 Å². The molecular formula is C25H29F2N5O3. The number of carbonyl (C=O) groups excluding carboxylic acids is 2. The summed E-state index contributed by atoms with van der Waals surface area (Å²) in [6.45, 7) is 5.46. The molecule has 0 bridgehead atoms. The molecule has 10 heteroatoms. The molecule has 0 aliphatic heterocycles. The summed E-state index contributed by atoms with van der Waals surface area (Å²) in [6.07, 6.45) is -1.84. The molecule has 2 atom stereocenters. The Morgan fingerprint density at radius 2 is 1.63 bits per heavy atom. The standard InChI is InChI=1S/C25H29F2N5O3/c1-14(28-24(35)22(33)15-10-17(26)12-18(27)11-15)23(34)29-21-13-20(30-31-21)25(2,3)16-6-8-19(9-7-16)32(4)5/h6-14,22,33H,1-5H3,(H,28,35)(H2,29,30,31,34)/t14-,22-/m0/s1. The van der Waals surface area contributed by atoms with Gasteiger partial charge < -0.3 is 20.6 Å². The van der Waals surface area contributed by atoms with Gasteiger partial charge in [-0.25, -0.2) is 8.78 Å². The zero-order valence-electron chi connectivity index (χ0n) is 20.2. The third kappa shape index (κ3) is 6.02. The topological polar surface area (TPSA) is 110 Å². The van der Waals surface area contributed by atoms with Crippen LogP contribution < -0.4 is 15.5 Å². The predicted octanol–water partition coefficient (Wildman–Crippen LogP) is 3.26. The molecule has 0 spiro atoms. The maximum Gasteiger partial charge on any atom is 0.254 e. The van der Waals surface area contributed by atoms with Gasteiger partial charge in [-0.15, -0.1) is 0 Å². The molecule has 0 aliphatic carbocycles. The monoisotopic (exact) mass is 485 g/mol. The highest BCUT2D eigenvalue weighted by Gasteiger charge is 2.27. The lowest BCUT2D eigenvalue weighted by Gasteiger charge is -2.24. The minimum atomic E-state index is -1.84. The van der Waals surface area contributed by atoms with E-state index in [1.165, 1.54) is 6.92 Å². The van der Waals surface area contributed by atoms with E-state index in [0.717, 1.165) is 29.1 Å². The van der Waals surface area contributed by atoms with E-state index in [1.807, 2.05) is 57.1 Å². The van der Waals surface area contributed by atoms with E-state index in [1.54, 1.807) is 6.07 Å².